The highest BCUT2D eigenvalue weighted by Crippen LogP contribution is 2.32. The SMILES string of the molecule is CC1(C(=O)O)CCCN1Cc1cccc(F)c1Br. The van der Waals surface area contributed by atoms with Crippen molar-refractivity contribution in [2.24, 2.45) is 0 Å². The molecule has 1 saturated heterocycles. The van der Waals surface area contributed by atoms with Crippen molar-refractivity contribution in [3.63, 3.8) is 0 Å². The van der Waals surface area contributed by atoms with Crippen molar-refractivity contribution in [3.8, 4) is 0 Å². The molecule has 3 nitrogen and oxygen atoms in total. The predicted octanol–water partition coefficient (Wildman–Crippen LogP) is 3.03. The number of nitrogens with zero attached hydrogens (tertiary/aromatic N) is 1. The molecule has 1 unspecified atom stereocenters. The highest BCUT2D eigenvalue weighted by Gasteiger charge is 2.43. The van der Waals surface area contributed by atoms with Crippen molar-refractivity contribution in [2.75, 3.05) is 6.54 Å². The van der Waals surface area contributed by atoms with Gasteiger partial charge < -0.3 is 5.11 Å². The highest BCUT2D eigenvalue weighted by atomic mass is 79.9. The summed E-state index contributed by atoms with van der Waals surface area (Å²) in [6, 6.07) is 4.84. The molecule has 1 aliphatic heterocycles. The van der Waals surface area contributed by atoms with Gasteiger partial charge in [0.1, 0.15) is 11.4 Å². The zero-order chi connectivity index (χ0) is 13.3. The van der Waals surface area contributed by atoms with E-state index in [0.717, 1.165) is 18.5 Å². The zero-order valence-electron chi connectivity index (χ0n) is 10.1. The Hall–Kier alpha value is -0.940. The molecule has 1 aromatic carbocycles. The van der Waals surface area contributed by atoms with Crippen LogP contribution in [0.2, 0.25) is 0 Å². The number of hydrogen-bond donors (Lipinski definition) is 1. The molecule has 1 heterocycles. The molecule has 98 valence electrons. The molecule has 5 heteroatoms. The van der Waals surface area contributed by atoms with Gasteiger partial charge in [-0.15, -0.1) is 0 Å². The van der Waals surface area contributed by atoms with Crippen molar-refractivity contribution in [1.82, 2.24) is 4.90 Å². The summed E-state index contributed by atoms with van der Waals surface area (Å²) >= 11 is 3.21. The van der Waals surface area contributed by atoms with Crippen LogP contribution in [-0.2, 0) is 11.3 Å². The van der Waals surface area contributed by atoms with Crippen molar-refractivity contribution >= 4 is 21.9 Å². The van der Waals surface area contributed by atoms with Crippen LogP contribution in [0.1, 0.15) is 25.3 Å². The normalized spacial score (nSPS) is 24.4. The van der Waals surface area contributed by atoms with E-state index in [1.807, 2.05) is 11.0 Å². The van der Waals surface area contributed by atoms with E-state index in [0.29, 0.717) is 17.4 Å². The van der Waals surface area contributed by atoms with Crippen LogP contribution < -0.4 is 0 Å². The Labute approximate surface area is 114 Å². The molecule has 0 aliphatic carbocycles. The number of hydrogen-bond acceptors (Lipinski definition) is 2. The van der Waals surface area contributed by atoms with Crippen molar-refractivity contribution in [1.29, 1.82) is 0 Å². The van der Waals surface area contributed by atoms with E-state index in [4.69, 9.17) is 0 Å². The van der Waals surface area contributed by atoms with Gasteiger partial charge in [-0.05, 0) is 53.9 Å². The molecule has 0 saturated carbocycles. The summed E-state index contributed by atoms with van der Waals surface area (Å²) in [4.78, 5) is 13.2. The van der Waals surface area contributed by atoms with E-state index < -0.39 is 11.5 Å². The van der Waals surface area contributed by atoms with E-state index in [1.165, 1.54) is 6.07 Å². The number of rotatable bonds is 3. The van der Waals surface area contributed by atoms with E-state index in [1.54, 1.807) is 13.0 Å². The molecule has 0 spiro atoms. The number of aliphatic carboxylic acids is 1. The van der Waals surface area contributed by atoms with Gasteiger partial charge in [-0.2, -0.15) is 0 Å². The minimum atomic E-state index is -0.842. The average molecular weight is 316 g/mol. The molecule has 18 heavy (non-hydrogen) atoms. The number of halogens is 2. The molecule has 0 aromatic heterocycles. The van der Waals surface area contributed by atoms with Gasteiger partial charge in [0.15, 0.2) is 0 Å². The minimum Gasteiger partial charge on any atom is -0.480 e. The Bertz CT molecular complexity index is 480. The van der Waals surface area contributed by atoms with Crippen molar-refractivity contribution in [2.45, 2.75) is 31.8 Å². The molecule has 0 radical (unpaired) electrons. The average Bonchev–Trinajstić information content (AvgIpc) is 2.68. The van der Waals surface area contributed by atoms with Gasteiger partial charge in [-0.1, -0.05) is 12.1 Å². The maximum Gasteiger partial charge on any atom is 0.323 e. The minimum absolute atomic E-state index is 0.316. The van der Waals surface area contributed by atoms with Gasteiger partial charge in [0.2, 0.25) is 0 Å². The second-order valence-corrected chi connectivity index (χ2v) is 5.61. The summed E-state index contributed by atoms with van der Waals surface area (Å²) in [6.07, 6.45) is 1.49. The zero-order valence-corrected chi connectivity index (χ0v) is 11.7. The highest BCUT2D eigenvalue weighted by molar-refractivity contribution is 9.10. The first kappa shape index (κ1) is 13.5. The molecule has 2 rings (SSSR count). The number of carboxylic acids is 1. The summed E-state index contributed by atoms with van der Waals surface area (Å²) in [5, 5.41) is 9.32. The van der Waals surface area contributed by atoms with Crippen LogP contribution in [-0.4, -0.2) is 28.1 Å². The van der Waals surface area contributed by atoms with Gasteiger partial charge >= 0.3 is 5.97 Å². The quantitative estimate of drug-likeness (QED) is 0.932. The lowest BCUT2D eigenvalue weighted by Gasteiger charge is -2.31. The molecule has 1 atom stereocenters. The van der Waals surface area contributed by atoms with Crippen LogP contribution in [0.25, 0.3) is 0 Å². The summed E-state index contributed by atoms with van der Waals surface area (Å²) in [6.45, 7) is 2.91. The van der Waals surface area contributed by atoms with Crippen LogP contribution in [0.5, 0.6) is 0 Å². The molecular formula is C13H15BrFNO2. The Morgan fingerprint density at radius 1 is 1.61 bits per heavy atom. The van der Waals surface area contributed by atoms with Crippen LogP contribution in [0.15, 0.2) is 22.7 Å². The van der Waals surface area contributed by atoms with E-state index in [2.05, 4.69) is 15.9 Å². The van der Waals surface area contributed by atoms with Crippen LogP contribution in [0.3, 0.4) is 0 Å². The second kappa shape index (κ2) is 4.97. The molecule has 1 aromatic rings. The summed E-state index contributed by atoms with van der Waals surface area (Å²) < 4.78 is 13.8. The monoisotopic (exact) mass is 315 g/mol. The van der Waals surface area contributed by atoms with Gasteiger partial charge in [-0.25, -0.2) is 4.39 Å². The predicted molar refractivity (Wildman–Crippen MR) is 69.8 cm³/mol. The fourth-order valence-corrected chi connectivity index (χ4v) is 2.78. The number of carbonyl (C=O) groups is 1. The Morgan fingerprint density at radius 3 is 3.00 bits per heavy atom. The summed E-state index contributed by atoms with van der Waals surface area (Å²) in [5.74, 6) is -1.13. The molecule has 1 fully saturated rings. The first-order valence-electron chi connectivity index (χ1n) is 5.86. The maximum atomic E-state index is 13.4. The van der Waals surface area contributed by atoms with E-state index in [9.17, 15) is 14.3 Å². The summed E-state index contributed by atoms with van der Waals surface area (Å²) in [5.41, 5.74) is -0.0597. The molecule has 1 N–H and O–H groups in total. The maximum absolute atomic E-state index is 13.4. The molecule has 1 aliphatic rings. The van der Waals surface area contributed by atoms with Crippen LogP contribution in [0, 0.1) is 5.82 Å². The number of benzene rings is 1. The first-order valence-corrected chi connectivity index (χ1v) is 6.66. The van der Waals surface area contributed by atoms with Crippen LogP contribution >= 0.6 is 15.9 Å². The summed E-state index contributed by atoms with van der Waals surface area (Å²) in [7, 11) is 0. The fraction of sp³-hybridized carbons (Fsp3) is 0.462. The topological polar surface area (TPSA) is 40.5 Å². The standard InChI is InChI=1S/C13H15BrFNO2/c1-13(12(17)18)6-3-7-16(13)8-9-4-2-5-10(15)11(9)14/h2,4-5H,3,6-8H2,1H3,(H,17,18). The smallest absolute Gasteiger partial charge is 0.323 e. The lowest BCUT2D eigenvalue weighted by atomic mass is 9.99. The third-order valence-corrected chi connectivity index (χ3v) is 4.53. The number of likely N-dealkylation sites (tertiary alicyclic amines) is 1. The molecular weight excluding hydrogens is 301 g/mol. The van der Waals surface area contributed by atoms with Crippen molar-refractivity contribution in [3.05, 3.63) is 34.1 Å². The van der Waals surface area contributed by atoms with Gasteiger partial charge in [0.05, 0.1) is 4.47 Å². The van der Waals surface area contributed by atoms with Crippen LogP contribution in [0.4, 0.5) is 4.39 Å². The second-order valence-electron chi connectivity index (χ2n) is 4.82. The Kier molecular flexibility index (Phi) is 3.73. The Balaban J connectivity index is 2.24. The van der Waals surface area contributed by atoms with Gasteiger partial charge in [0.25, 0.3) is 0 Å². The third kappa shape index (κ3) is 2.29. The third-order valence-electron chi connectivity index (χ3n) is 3.64. The fourth-order valence-electron chi connectivity index (χ4n) is 2.39. The lowest BCUT2D eigenvalue weighted by Crippen LogP contribution is -2.47. The number of carboxylic acid groups (broad SMARTS) is 1. The van der Waals surface area contributed by atoms with Crippen molar-refractivity contribution < 1.29 is 14.3 Å². The van der Waals surface area contributed by atoms with Gasteiger partial charge in [-0.3, -0.25) is 9.69 Å². The largest absolute Gasteiger partial charge is 0.480 e. The first-order chi connectivity index (χ1) is 8.45. The van der Waals surface area contributed by atoms with Gasteiger partial charge in [0, 0.05) is 6.54 Å². The Morgan fingerprint density at radius 2 is 2.33 bits per heavy atom. The molecule has 0 amide bonds. The van der Waals surface area contributed by atoms with E-state index >= 15 is 0 Å². The van der Waals surface area contributed by atoms with E-state index in [-0.39, 0.29) is 5.82 Å². The molecule has 0 bridgehead atoms. The lowest BCUT2D eigenvalue weighted by molar-refractivity contribution is -0.148.